The van der Waals surface area contributed by atoms with Crippen molar-refractivity contribution in [2.24, 2.45) is 0 Å². The number of aliphatic hydroxyl groups is 1. The molecule has 2 heterocycles. The number of benzene rings is 1. The van der Waals surface area contributed by atoms with Crippen molar-refractivity contribution in [3.8, 4) is 11.4 Å². The molecule has 27 heavy (non-hydrogen) atoms. The van der Waals surface area contributed by atoms with Crippen LogP contribution < -0.4 is 0 Å². The Bertz CT molecular complexity index is 835. The van der Waals surface area contributed by atoms with Crippen molar-refractivity contribution < 1.29 is 14.3 Å². The summed E-state index contributed by atoms with van der Waals surface area (Å²) in [4.78, 5) is 0. The number of hydrogen-bond donors (Lipinski definition) is 1. The molecule has 0 amide bonds. The van der Waals surface area contributed by atoms with Crippen molar-refractivity contribution >= 4 is 23.4 Å². The Labute approximate surface area is 167 Å². The van der Waals surface area contributed by atoms with Crippen LogP contribution in [0.25, 0.3) is 11.4 Å². The second-order valence-electron chi connectivity index (χ2n) is 6.33. The molecule has 0 spiro atoms. The average Bonchev–Trinajstić information content (AvgIpc) is 3.29. The Kier molecular flexibility index (Phi) is 6.95. The van der Waals surface area contributed by atoms with Crippen molar-refractivity contribution in [2.75, 3.05) is 12.4 Å². The van der Waals surface area contributed by atoms with Crippen LogP contribution in [-0.4, -0.2) is 44.4 Å². The lowest BCUT2D eigenvalue weighted by Gasteiger charge is -2.13. The Morgan fingerprint density at radius 3 is 2.67 bits per heavy atom. The van der Waals surface area contributed by atoms with Crippen LogP contribution in [0.1, 0.15) is 19.6 Å². The van der Waals surface area contributed by atoms with Gasteiger partial charge in [0.1, 0.15) is 5.76 Å². The van der Waals surface area contributed by atoms with Crippen molar-refractivity contribution in [2.45, 2.75) is 37.8 Å². The molecule has 1 atom stereocenters. The number of rotatable bonds is 9. The summed E-state index contributed by atoms with van der Waals surface area (Å²) in [6, 6.07) is 11.2. The molecule has 3 aromatic rings. The second-order valence-corrected chi connectivity index (χ2v) is 7.75. The van der Waals surface area contributed by atoms with Gasteiger partial charge in [-0.25, -0.2) is 0 Å². The van der Waals surface area contributed by atoms with Crippen LogP contribution in [0.2, 0.25) is 5.02 Å². The minimum absolute atomic E-state index is 0.0868. The highest BCUT2D eigenvalue weighted by atomic mass is 35.5. The van der Waals surface area contributed by atoms with Crippen LogP contribution in [0, 0.1) is 0 Å². The Hall–Kier alpha value is -1.80. The first-order chi connectivity index (χ1) is 13.0. The van der Waals surface area contributed by atoms with E-state index < -0.39 is 6.10 Å². The number of halogens is 1. The normalized spacial score (nSPS) is 12.6. The zero-order chi connectivity index (χ0) is 19.2. The summed E-state index contributed by atoms with van der Waals surface area (Å²) in [6.45, 7) is 4.68. The predicted octanol–water partition coefficient (Wildman–Crippen LogP) is 4.12. The molecule has 0 aliphatic heterocycles. The molecule has 0 bridgehead atoms. The second kappa shape index (κ2) is 9.41. The fraction of sp³-hybridized carbons (Fsp3) is 0.368. The van der Waals surface area contributed by atoms with Crippen molar-refractivity contribution in [1.82, 2.24) is 14.8 Å². The summed E-state index contributed by atoms with van der Waals surface area (Å²) in [6.07, 6.45) is 1.15. The number of aliphatic hydroxyl groups excluding tert-OH is 1. The molecule has 6 nitrogen and oxygen atoms in total. The number of aromatic nitrogens is 3. The zero-order valence-electron chi connectivity index (χ0n) is 15.2. The summed E-state index contributed by atoms with van der Waals surface area (Å²) in [5, 5.41) is 20.2. The van der Waals surface area contributed by atoms with E-state index in [0.29, 0.717) is 29.1 Å². The largest absolute Gasteiger partial charge is 0.467 e. The van der Waals surface area contributed by atoms with E-state index in [-0.39, 0.29) is 6.10 Å². The van der Waals surface area contributed by atoms with Gasteiger partial charge < -0.3 is 14.3 Å². The number of furan rings is 1. The van der Waals surface area contributed by atoms with Gasteiger partial charge in [-0.05, 0) is 50.2 Å². The van der Waals surface area contributed by atoms with Crippen LogP contribution in [0.3, 0.4) is 0 Å². The molecule has 0 saturated carbocycles. The first-order valence-corrected chi connectivity index (χ1v) is 10.0. The molecule has 0 saturated heterocycles. The third kappa shape index (κ3) is 5.59. The predicted molar refractivity (Wildman–Crippen MR) is 106 cm³/mol. The maximum absolute atomic E-state index is 10.1. The van der Waals surface area contributed by atoms with Crippen LogP contribution >= 0.6 is 23.4 Å². The minimum atomic E-state index is -0.579. The SMILES string of the molecule is CC(C)OCC(O)CSc1nnc(-c2ccc(Cl)cc2)n1Cc1ccco1. The van der Waals surface area contributed by atoms with Crippen molar-refractivity contribution in [3.05, 3.63) is 53.4 Å². The third-order valence-electron chi connectivity index (χ3n) is 3.74. The van der Waals surface area contributed by atoms with Gasteiger partial charge in [-0.1, -0.05) is 23.4 Å². The van der Waals surface area contributed by atoms with Gasteiger partial charge >= 0.3 is 0 Å². The lowest BCUT2D eigenvalue weighted by molar-refractivity contribution is 0.0152. The van der Waals surface area contributed by atoms with Crippen LogP contribution in [0.4, 0.5) is 0 Å². The highest BCUT2D eigenvalue weighted by Crippen LogP contribution is 2.26. The Balaban J connectivity index is 1.79. The molecule has 0 aliphatic rings. The standard InChI is InChI=1S/C19H22ClN3O3S/c1-13(2)26-11-16(24)12-27-19-22-21-18(14-5-7-15(20)8-6-14)23(19)10-17-4-3-9-25-17/h3-9,13,16,24H,10-12H2,1-2H3. The molecule has 144 valence electrons. The summed E-state index contributed by atoms with van der Waals surface area (Å²) < 4.78 is 12.9. The smallest absolute Gasteiger partial charge is 0.192 e. The maximum Gasteiger partial charge on any atom is 0.192 e. The molecule has 0 fully saturated rings. The van der Waals surface area contributed by atoms with Crippen LogP contribution in [0.5, 0.6) is 0 Å². The fourth-order valence-corrected chi connectivity index (χ4v) is 3.40. The maximum atomic E-state index is 10.1. The molecule has 1 N–H and O–H groups in total. The lowest BCUT2D eigenvalue weighted by atomic mass is 10.2. The molecule has 0 aliphatic carbocycles. The van der Waals surface area contributed by atoms with Gasteiger partial charge in [-0.2, -0.15) is 0 Å². The number of hydrogen-bond acceptors (Lipinski definition) is 6. The minimum Gasteiger partial charge on any atom is -0.467 e. The van der Waals surface area contributed by atoms with Gasteiger partial charge in [0.05, 0.1) is 31.6 Å². The van der Waals surface area contributed by atoms with E-state index in [1.807, 2.05) is 54.8 Å². The van der Waals surface area contributed by atoms with Gasteiger partial charge in [-0.15, -0.1) is 10.2 Å². The number of nitrogens with zero attached hydrogens (tertiary/aromatic N) is 3. The van der Waals surface area contributed by atoms with E-state index in [1.54, 1.807) is 6.26 Å². The molecular formula is C19H22ClN3O3S. The Morgan fingerprint density at radius 1 is 1.22 bits per heavy atom. The highest BCUT2D eigenvalue weighted by Gasteiger charge is 2.17. The van der Waals surface area contributed by atoms with E-state index in [1.165, 1.54) is 11.8 Å². The van der Waals surface area contributed by atoms with Gasteiger partial charge in [-0.3, -0.25) is 4.57 Å². The molecule has 2 aromatic heterocycles. The van der Waals surface area contributed by atoms with E-state index in [2.05, 4.69) is 10.2 Å². The zero-order valence-corrected chi connectivity index (χ0v) is 16.8. The number of ether oxygens (including phenoxy) is 1. The van der Waals surface area contributed by atoms with Crippen LogP contribution in [0.15, 0.2) is 52.2 Å². The first kappa shape index (κ1) is 19.9. The molecular weight excluding hydrogens is 386 g/mol. The molecule has 1 aromatic carbocycles. The summed E-state index contributed by atoms with van der Waals surface area (Å²) in [7, 11) is 0. The fourth-order valence-electron chi connectivity index (χ4n) is 2.43. The van der Waals surface area contributed by atoms with Gasteiger partial charge in [0.15, 0.2) is 11.0 Å². The summed E-state index contributed by atoms with van der Waals surface area (Å²) in [5.74, 6) is 1.98. The molecule has 1 unspecified atom stereocenters. The topological polar surface area (TPSA) is 73.3 Å². The third-order valence-corrected chi connectivity index (χ3v) is 5.10. The molecule has 3 rings (SSSR count). The lowest BCUT2D eigenvalue weighted by Crippen LogP contribution is -2.21. The quantitative estimate of drug-likeness (QED) is 0.538. The van der Waals surface area contributed by atoms with Crippen LogP contribution in [-0.2, 0) is 11.3 Å². The van der Waals surface area contributed by atoms with Crippen molar-refractivity contribution in [1.29, 1.82) is 0 Å². The van der Waals surface area contributed by atoms with E-state index in [9.17, 15) is 5.11 Å². The molecule has 8 heteroatoms. The van der Waals surface area contributed by atoms with E-state index in [0.717, 1.165) is 17.1 Å². The van der Waals surface area contributed by atoms with Gasteiger partial charge in [0.2, 0.25) is 0 Å². The van der Waals surface area contributed by atoms with Gasteiger partial charge in [0.25, 0.3) is 0 Å². The van der Waals surface area contributed by atoms with Gasteiger partial charge in [0, 0.05) is 16.3 Å². The molecule has 0 radical (unpaired) electrons. The average molecular weight is 408 g/mol. The monoisotopic (exact) mass is 407 g/mol. The van der Waals surface area contributed by atoms with E-state index in [4.69, 9.17) is 20.8 Å². The van der Waals surface area contributed by atoms with Crippen molar-refractivity contribution in [3.63, 3.8) is 0 Å². The number of thioether (sulfide) groups is 1. The summed E-state index contributed by atoms with van der Waals surface area (Å²) in [5.41, 5.74) is 0.911. The highest BCUT2D eigenvalue weighted by molar-refractivity contribution is 7.99. The summed E-state index contributed by atoms with van der Waals surface area (Å²) >= 11 is 7.43. The first-order valence-electron chi connectivity index (χ1n) is 8.67. The van der Waals surface area contributed by atoms with E-state index >= 15 is 0 Å². The Morgan fingerprint density at radius 2 is 2.00 bits per heavy atom.